The molecule has 1 aliphatic rings. The molecule has 1 saturated heterocycles. The Kier molecular flexibility index (Phi) is 4.45. The summed E-state index contributed by atoms with van der Waals surface area (Å²) >= 11 is 0. The van der Waals surface area contributed by atoms with Gasteiger partial charge in [-0.25, -0.2) is 13.8 Å². The van der Waals surface area contributed by atoms with Gasteiger partial charge in [-0.1, -0.05) is 20.8 Å². The number of nitrogens with zero attached hydrogens (tertiary/aromatic N) is 2. The van der Waals surface area contributed by atoms with Crippen LogP contribution < -0.4 is 10.2 Å². The minimum absolute atomic E-state index is 0.146. The first kappa shape index (κ1) is 15.0. The average molecular weight is 283 g/mol. The van der Waals surface area contributed by atoms with Crippen molar-refractivity contribution in [2.45, 2.75) is 40.0 Å². The largest absolute Gasteiger partial charge is 0.368 e. The fourth-order valence-electron chi connectivity index (χ4n) is 2.37. The third-order valence-electron chi connectivity index (χ3n) is 3.87. The lowest BCUT2D eigenvalue weighted by Gasteiger charge is -2.37. The van der Waals surface area contributed by atoms with E-state index in [-0.39, 0.29) is 17.1 Å². The van der Waals surface area contributed by atoms with Gasteiger partial charge in [0.25, 0.3) is 0 Å². The second kappa shape index (κ2) is 5.94. The monoisotopic (exact) mass is 283 g/mol. The molecule has 0 spiro atoms. The maximum atomic E-state index is 14.0. The zero-order valence-corrected chi connectivity index (χ0v) is 12.5. The van der Waals surface area contributed by atoms with E-state index in [1.54, 1.807) is 0 Å². The van der Waals surface area contributed by atoms with E-state index in [2.05, 4.69) is 24.1 Å². The van der Waals surface area contributed by atoms with Crippen LogP contribution in [-0.4, -0.2) is 24.6 Å². The first-order valence-electron chi connectivity index (χ1n) is 7.28. The summed E-state index contributed by atoms with van der Waals surface area (Å²) in [6, 6.07) is 0.931. The summed E-state index contributed by atoms with van der Waals surface area (Å²) in [5, 5.41) is 2.91. The highest BCUT2D eigenvalue weighted by molar-refractivity contribution is 5.49. The second-order valence-corrected chi connectivity index (χ2v) is 6.20. The van der Waals surface area contributed by atoms with Gasteiger partial charge < -0.3 is 10.2 Å². The molecule has 3 nitrogen and oxygen atoms in total. The number of rotatable bonds is 4. The summed E-state index contributed by atoms with van der Waals surface area (Å²) in [7, 11) is 0. The van der Waals surface area contributed by atoms with Gasteiger partial charge in [-0.2, -0.15) is 0 Å². The van der Waals surface area contributed by atoms with Crippen molar-refractivity contribution in [3.8, 4) is 0 Å². The molecule has 1 aromatic rings. The van der Waals surface area contributed by atoms with Gasteiger partial charge >= 0.3 is 0 Å². The van der Waals surface area contributed by atoms with E-state index >= 15 is 0 Å². The van der Waals surface area contributed by atoms with E-state index in [9.17, 15) is 8.78 Å². The van der Waals surface area contributed by atoms with Gasteiger partial charge in [-0.05, 0) is 24.7 Å². The first-order valence-corrected chi connectivity index (χ1v) is 7.28. The lowest BCUT2D eigenvalue weighted by Crippen LogP contribution is -2.38. The number of hydrogen-bond acceptors (Lipinski definition) is 3. The van der Waals surface area contributed by atoms with E-state index in [1.807, 2.05) is 11.8 Å². The molecule has 0 atom stereocenters. The van der Waals surface area contributed by atoms with Crippen LogP contribution in [0.15, 0.2) is 6.07 Å². The summed E-state index contributed by atoms with van der Waals surface area (Å²) in [5.41, 5.74) is 0.288. The topological polar surface area (TPSA) is 28.2 Å². The molecule has 0 aliphatic carbocycles. The van der Waals surface area contributed by atoms with Gasteiger partial charge in [0.15, 0.2) is 23.3 Å². The van der Waals surface area contributed by atoms with Crippen molar-refractivity contribution >= 4 is 11.6 Å². The van der Waals surface area contributed by atoms with Crippen LogP contribution in [0.25, 0.3) is 0 Å². The van der Waals surface area contributed by atoms with Crippen molar-refractivity contribution in [1.82, 2.24) is 4.98 Å². The quantitative estimate of drug-likeness (QED) is 0.910. The molecule has 1 N–H and O–H groups in total. The smallest absolute Gasteiger partial charge is 0.168 e. The van der Waals surface area contributed by atoms with Crippen molar-refractivity contribution < 1.29 is 8.78 Å². The van der Waals surface area contributed by atoms with Gasteiger partial charge in [0.2, 0.25) is 0 Å². The minimum Gasteiger partial charge on any atom is -0.368 e. The maximum Gasteiger partial charge on any atom is 0.168 e. The van der Waals surface area contributed by atoms with Gasteiger partial charge in [0.1, 0.15) is 0 Å². The fourth-order valence-corrected chi connectivity index (χ4v) is 2.37. The molecule has 1 aromatic heterocycles. The predicted molar refractivity (Wildman–Crippen MR) is 78.2 cm³/mol. The SMILES string of the molecule is CCCNc1nc(N2CCC(C)(C)CC2)c(F)cc1F. The molecule has 5 heteroatoms. The summed E-state index contributed by atoms with van der Waals surface area (Å²) in [5.74, 6) is -0.796. The van der Waals surface area contributed by atoms with Gasteiger partial charge in [0.05, 0.1) is 0 Å². The Balaban J connectivity index is 2.19. The van der Waals surface area contributed by atoms with Crippen molar-refractivity contribution in [1.29, 1.82) is 0 Å². The molecule has 0 radical (unpaired) electrons. The van der Waals surface area contributed by atoms with Crippen LogP contribution in [0.2, 0.25) is 0 Å². The lowest BCUT2D eigenvalue weighted by atomic mass is 9.83. The van der Waals surface area contributed by atoms with Gasteiger partial charge in [-0.3, -0.25) is 0 Å². The zero-order valence-electron chi connectivity index (χ0n) is 12.5. The van der Waals surface area contributed by atoms with Crippen LogP contribution >= 0.6 is 0 Å². The number of nitrogens with one attached hydrogen (secondary N) is 1. The number of pyridine rings is 1. The first-order chi connectivity index (χ1) is 9.43. The van der Waals surface area contributed by atoms with Crippen LogP contribution in [0.5, 0.6) is 0 Å². The normalized spacial score (nSPS) is 18.1. The Morgan fingerprint density at radius 1 is 1.25 bits per heavy atom. The van der Waals surface area contributed by atoms with E-state index in [4.69, 9.17) is 0 Å². The van der Waals surface area contributed by atoms with Gasteiger partial charge in [-0.15, -0.1) is 0 Å². The molecule has 112 valence electrons. The fraction of sp³-hybridized carbons (Fsp3) is 0.667. The van der Waals surface area contributed by atoms with Crippen LogP contribution in [-0.2, 0) is 0 Å². The summed E-state index contributed by atoms with van der Waals surface area (Å²) in [6.07, 6.45) is 2.85. The predicted octanol–water partition coefficient (Wildman–Crippen LogP) is 3.81. The van der Waals surface area contributed by atoms with Crippen molar-refractivity contribution in [2.75, 3.05) is 29.9 Å². The number of piperidine rings is 1. The van der Waals surface area contributed by atoms with Crippen LogP contribution in [0.3, 0.4) is 0 Å². The molecule has 2 heterocycles. The van der Waals surface area contributed by atoms with Crippen molar-refractivity contribution in [2.24, 2.45) is 5.41 Å². The van der Waals surface area contributed by atoms with Crippen LogP contribution in [0.1, 0.15) is 40.0 Å². The molecule has 20 heavy (non-hydrogen) atoms. The molecule has 0 amide bonds. The minimum atomic E-state index is -0.628. The molecular formula is C15H23F2N3. The Morgan fingerprint density at radius 3 is 2.50 bits per heavy atom. The Hall–Kier alpha value is -1.39. The Morgan fingerprint density at radius 2 is 1.90 bits per heavy atom. The van der Waals surface area contributed by atoms with Gasteiger partial charge in [0, 0.05) is 25.7 Å². The molecule has 1 aliphatic heterocycles. The Labute approximate surface area is 119 Å². The number of hydrogen-bond donors (Lipinski definition) is 1. The Bertz CT molecular complexity index is 464. The van der Waals surface area contributed by atoms with Crippen molar-refractivity contribution in [3.05, 3.63) is 17.7 Å². The average Bonchev–Trinajstić information content (AvgIpc) is 2.38. The number of halogens is 2. The summed E-state index contributed by atoms with van der Waals surface area (Å²) < 4.78 is 27.6. The lowest BCUT2D eigenvalue weighted by molar-refractivity contribution is 0.278. The van der Waals surface area contributed by atoms with Crippen LogP contribution in [0, 0.1) is 17.0 Å². The molecule has 2 rings (SSSR count). The maximum absolute atomic E-state index is 14.0. The van der Waals surface area contributed by atoms with Crippen LogP contribution in [0.4, 0.5) is 20.4 Å². The molecule has 0 aromatic carbocycles. The standard InChI is InChI=1S/C15H23F2N3/c1-4-7-18-13-11(16)10-12(17)14(19-13)20-8-5-15(2,3)6-9-20/h10H,4-9H2,1-3H3,(H,18,19). The number of aromatic nitrogens is 1. The molecular weight excluding hydrogens is 260 g/mol. The zero-order chi connectivity index (χ0) is 14.8. The number of anilines is 2. The van der Waals surface area contributed by atoms with E-state index in [0.717, 1.165) is 38.4 Å². The highest BCUT2D eigenvalue weighted by Crippen LogP contribution is 2.33. The van der Waals surface area contributed by atoms with E-state index < -0.39 is 11.6 Å². The summed E-state index contributed by atoms with van der Waals surface area (Å²) in [6.45, 7) is 8.57. The molecule has 1 fully saturated rings. The molecule has 0 saturated carbocycles. The molecule has 0 bridgehead atoms. The third-order valence-corrected chi connectivity index (χ3v) is 3.87. The highest BCUT2D eigenvalue weighted by atomic mass is 19.1. The molecule has 0 unspecified atom stereocenters. The third kappa shape index (κ3) is 3.38. The van der Waals surface area contributed by atoms with E-state index in [0.29, 0.717) is 6.54 Å². The summed E-state index contributed by atoms with van der Waals surface area (Å²) in [4.78, 5) is 6.06. The highest BCUT2D eigenvalue weighted by Gasteiger charge is 2.28. The second-order valence-electron chi connectivity index (χ2n) is 6.20. The van der Waals surface area contributed by atoms with Crippen molar-refractivity contribution in [3.63, 3.8) is 0 Å². The van der Waals surface area contributed by atoms with E-state index in [1.165, 1.54) is 0 Å².